The molecule has 1 atom stereocenters. The molecule has 1 aromatic carbocycles. The highest BCUT2D eigenvalue weighted by Gasteiger charge is 2.30. The fourth-order valence-electron chi connectivity index (χ4n) is 2.58. The average molecular weight is 268 g/mol. The first kappa shape index (κ1) is 14.3. The van der Waals surface area contributed by atoms with Gasteiger partial charge in [-0.3, -0.25) is 0 Å². The van der Waals surface area contributed by atoms with Gasteiger partial charge in [0.15, 0.2) is 5.82 Å². The highest BCUT2D eigenvalue weighted by molar-refractivity contribution is 5.52. The highest BCUT2D eigenvalue weighted by Crippen LogP contribution is 2.29. The number of halogens is 2. The predicted octanol–water partition coefficient (Wildman–Crippen LogP) is 3.24. The van der Waals surface area contributed by atoms with E-state index in [4.69, 9.17) is 0 Å². The van der Waals surface area contributed by atoms with Crippen LogP contribution >= 0.6 is 0 Å². The van der Waals surface area contributed by atoms with E-state index in [0.717, 1.165) is 19.4 Å². The molecule has 0 aliphatic carbocycles. The van der Waals surface area contributed by atoms with E-state index in [2.05, 4.69) is 19.2 Å². The normalized spacial score (nSPS) is 24.4. The zero-order valence-electron chi connectivity index (χ0n) is 11.9. The summed E-state index contributed by atoms with van der Waals surface area (Å²) in [6.45, 7) is 8.07. The number of hydrogen-bond acceptors (Lipinski definition) is 2. The Hall–Kier alpha value is -1.16. The number of nitrogens with one attached hydrogen (secondary N) is 1. The summed E-state index contributed by atoms with van der Waals surface area (Å²) >= 11 is 0. The van der Waals surface area contributed by atoms with Gasteiger partial charge in [-0.1, -0.05) is 13.0 Å². The zero-order valence-corrected chi connectivity index (χ0v) is 11.9. The number of hydrogen-bond donors (Lipinski definition) is 1. The molecule has 1 N–H and O–H groups in total. The fourth-order valence-corrected chi connectivity index (χ4v) is 2.58. The predicted molar refractivity (Wildman–Crippen MR) is 74.6 cm³/mol. The first-order valence-electron chi connectivity index (χ1n) is 6.91. The maximum atomic E-state index is 14.2. The van der Waals surface area contributed by atoms with Gasteiger partial charge in [-0.05, 0) is 44.9 Å². The number of aryl methyl sites for hydroxylation is 1. The van der Waals surface area contributed by atoms with E-state index in [1.807, 2.05) is 4.90 Å². The molecule has 1 aliphatic rings. The van der Waals surface area contributed by atoms with Gasteiger partial charge in [0.25, 0.3) is 0 Å². The van der Waals surface area contributed by atoms with Crippen molar-refractivity contribution in [3.05, 3.63) is 29.3 Å². The first-order valence-corrected chi connectivity index (χ1v) is 6.91. The minimum absolute atomic E-state index is 0.0981. The van der Waals surface area contributed by atoms with Crippen LogP contribution in [0.2, 0.25) is 0 Å². The molecule has 4 heteroatoms. The molecular weight excluding hydrogens is 246 g/mol. The lowest BCUT2D eigenvalue weighted by Crippen LogP contribution is -2.49. The van der Waals surface area contributed by atoms with Crippen LogP contribution in [0.1, 0.15) is 32.3 Å². The summed E-state index contributed by atoms with van der Waals surface area (Å²) in [6, 6.07) is 2.85. The lowest BCUT2D eigenvalue weighted by atomic mass is 9.98. The molecule has 0 spiro atoms. The van der Waals surface area contributed by atoms with Gasteiger partial charge in [0, 0.05) is 18.6 Å². The van der Waals surface area contributed by atoms with E-state index in [1.165, 1.54) is 12.1 Å². The Labute approximate surface area is 113 Å². The molecule has 1 fully saturated rings. The SMILES string of the molecule is CCC1(C)CN(c2c(F)ccc(C)c2F)CCCN1. The van der Waals surface area contributed by atoms with Crippen molar-refractivity contribution in [2.75, 3.05) is 24.5 Å². The molecule has 0 bridgehead atoms. The fraction of sp³-hybridized carbons (Fsp3) is 0.600. The summed E-state index contributed by atoms with van der Waals surface area (Å²) in [7, 11) is 0. The molecule has 106 valence electrons. The van der Waals surface area contributed by atoms with Crippen LogP contribution in [0.5, 0.6) is 0 Å². The van der Waals surface area contributed by atoms with Crippen molar-refractivity contribution in [2.24, 2.45) is 0 Å². The van der Waals surface area contributed by atoms with Crippen LogP contribution in [0.15, 0.2) is 12.1 Å². The molecule has 1 aromatic rings. The number of rotatable bonds is 2. The van der Waals surface area contributed by atoms with Crippen LogP contribution in [-0.4, -0.2) is 25.2 Å². The minimum Gasteiger partial charge on any atom is -0.365 e. The quantitative estimate of drug-likeness (QED) is 0.886. The molecule has 2 rings (SSSR count). The standard InChI is InChI=1S/C15H22F2N2/c1-4-15(3)10-19(9-5-8-18-15)14-12(16)7-6-11(2)13(14)17/h6-7,18H,4-5,8-10H2,1-3H3. The molecule has 1 unspecified atom stereocenters. The van der Waals surface area contributed by atoms with Crippen LogP contribution in [-0.2, 0) is 0 Å². The smallest absolute Gasteiger partial charge is 0.152 e. The van der Waals surface area contributed by atoms with Gasteiger partial charge in [0.05, 0.1) is 0 Å². The molecule has 0 radical (unpaired) electrons. The molecule has 1 heterocycles. The topological polar surface area (TPSA) is 15.3 Å². The van der Waals surface area contributed by atoms with Gasteiger partial charge >= 0.3 is 0 Å². The molecule has 2 nitrogen and oxygen atoms in total. The van der Waals surface area contributed by atoms with Crippen LogP contribution in [0.3, 0.4) is 0 Å². The van der Waals surface area contributed by atoms with Crippen LogP contribution in [0.4, 0.5) is 14.5 Å². The second-order valence-corrected chi connectivity index (χ2v) is 5.64. The molecular formula is C15H22F2N2. The summed E-state index contributed by atoms with van der Waals surface area (Å²) in [5, 5.41) is 3.47. The highest BCUT2D eigenvalue weighted by atomic mass is 19.1. The summed E-state index contributed by atoms with van der Waals surface area (Å²) in [6.07, 6.45) is 1.82. The summed E-state index contributed by atoms with van der Waals surface area (Å²) in [5.74, 6) is -0.899. The lowest BCUT2D eigenvalue weighted by molar-refractivity contribution is 0.365. The Morgan fingerprint density at radius 2 is 2.11 bits per heavy atom. The monoisotopic (exact) mass is 268 g/mol. The Balaban J connectivity index is 2.37. The van der Waals surface area contributed by atoms with Crippen molar-refractivity contribution in [1.29, 1.82) is 0 Å². The summed E-state index contributed by atoms with van der Waals surface area (Å²) in [4.78, 5) is 1.85. The van der Waals surface area contributed by atoms with Crippen LogP contribution in [0.25, 0.3) is 0 Å². The van der Waals surface area contributed by atoms with Crippen molar-refractivity contribution < 1.29 is 8.78 Å². The van der Waals surface area contributed by atoms with E-state index >= 15 is 0 Å². The molecule has 0 saturated carbocycles. The third kappa shape index (κ3) is 2.89. The zero-order chi connectivity index (χ0) is 14.0. The van der Waals surface area contributed by atoms with Crippen LogP contribution in [0, 0.1) is 18.6 Å². The first-order chi connectivity index (χ1) is 8.97. The van der Waals surface area contributed by atoms with E-state index in [0.29, 0.717) is 18.7 Å². The van der Waals surface area contributed by atoms with Gasteiger partial charge in [-0.25, -0.2) is 8.78 Å². The van der Waals surface area contributed by atoms with Crippen molar-refractivity contribution >= 4 is 5.69 Å². The average Bonchev–Trinajstić information content (AvgIpc) is 2.57. The van der Waals surface area contributed by atoms with Gasteiger partial charge in [0.2, 0.25) is 0 Å². The Kier molecular flexibility index (Phi) is 4.09. The maximum absolute atomic E-state index is 14.2. The van der Waals surface area contributed by atoms with Gasteiger partial charge in [-0.2, -0.15) is 0 Å². The van der Waals surface area contributed by atoms with Crippen molar-refractivity contribution in [2.45, 2.75) is 39.2 Å². The van der Waals surface area contributed by atoms with Gasteiger partial charge < -0.3 is 10.2 Å². The third-order valence-electron chi connectivity index (χ3n) is 4.05. The van der Waals surface area contributed by atoms with Gasteiger partial charge in [0.1, 0.15) is 11.5 Å². The second-order valence-electron chi connectivity index (χ2n) is 5.64. The Morgan fingerprint density at radius 1 is 1.37 bits per heavy atom. The van der Waals surface area contributed by atoms with E-state index in [9.17, 15) is 8.78 Å². The molecule has 0 aromatic heterocycles. The van der Waals surface area contributed by atoms with E-state index < -0.39 is 11.6 Å². The molecule has 0 amide bonds. The number of benzene rings is 1. The molecule has 19 heavy (non-hydrogen) atoms. The lowest BCUT2D eigenvalue weighted by Gasteiger charge is -2.34. The minimum atomic E-state index is -0.469. The van der Waals surface area contributed by atoms with Crippen molar-refractivity contribution in [1.82, 2.24) is 5.32 Å². The Morgan fingerprint density at radius 3 is 2.79 bits per heavy atom. The number of nitrogens with zero attached hydrogens (tertiary/aromatic N) is 1. The third-order valence-corrected chi connectivity index (χ3v) is 4.05. The van der Waals surface area contributed by atoms with Crippen molar-refractivity contribution in [3.8, 4) is 0 Å². The second kappa shape index (κ2) is 5.45. The van der Waals surface area contributed by atoms with E-state index in [1.54, 1.807) is 6.92 Å². The maximum Gasteiger partial charge on any atom is 0.152 e. The Bertz CT molecular complexity index is 462. The summed E-state index contributed by atoms with van der Waals surface area (Å²) < 4.78 is 28.2. The van der Waals surface area contributed by atoms with E-state index in [-0.39, 0.29) is 11.2 Å². The van der Waals surface area contributed by atoms with Crippen LogP contribution < -0.4 is 10.2 Å². The number of anilines is 1. The largest absolute Gasteiger partial charge is 0.365 e. The van der Waals surface area contributed by atoms with Crippen molar-refractivity contribution in [3.63, 3.8) is 0 Å². The molecule has 1 aliphatic heterocycles. The molecule has 1 saturated heterocycles. The van der Waals surface area contributed by atoms with Gasteiger partial charge in [-0.15, -0.1) is 0 Å². The summed E-state index contributed by atoms with van der Waals surface area (Å²) in [5.41, 5.74) is 0.522.